The SMILES string of the molecule is C#Cc1c(F)ccc2cc(OCOC(C)=O)cc(-c3ncc4c(N5C[C@H]6CC[C@@H](C5)N6CC(=O)OC)nc(OC[C@@]56CCCN5C[C@H](F)C6)nc4c3F)c12. The molecule has 0 radical (unpaired) electrons. The maximum atomic E-state index is 17.3. The number of methoxy groups -OCH3 is 1. The number of aromatic nitrogens is 3. The standard InChI is InChI=1S/C39H39F3N6O6/c1-4-28-31(41)9-6-23-12-27(54-21-53-22(2)49)13-29(33(23)28)35-34(42)36-30(15-43-35)37(46-17-25-7-8-26(18-46)48(25)19-32(50)51-3)45-38(44-36)52-20-39-10-5-11-47(39)16-24(40)14-39/h1,6,9,12-13,15,24-26H,5,7-8,10-11,14,16-21H2,2-3H3/t24-,25-,26+,39+/m1/s1. The predicted molar refractivity (Wildman–Crippen MR) is 192 cm³/mol. The molecule has 0 aliphatic carbocycles. The number of hydrogen-bond acceptors (Lipinski definition) is 12. The Morgan fingerprint density at radius 1 is 1.09 bits per heavy atom. The van der Waals surface area contributed by atoms with Crippen molar-refractivity contribution < 1.29 is 41.7 Å². The Hall–Kier alpha value is -5.20. The summed E-state index contributed by atoms with van der Waals surface area (Å²) in [6.45, 7) is 3.24. The van der Waals surface area contributed by atoms with Gasteiger partial charge in [0.25, 0.3) is 0 Å². The summed E-state index contributed by atoms with van der Waals surface area (Å²) in [6, 6.07) is 5.73. The van der Waals surface area contributed by atoms with Crippen molar-refractivity contribution in [3.63, 3.8) is 0 Å². The number of ether oxygens (including phenoxy) is 4. The molecule has 0 spiro atoms. The second kappa shape index (κ2) is 14.2. The van der Waals surface area contributed by atoms with Crippen LogP contribution in [0.5, 0.6) is 11.8 Å². The third kappa shape index (κ3) is 6.41. The average Bonchev–Trinajstić information content (AvgIpc) is 3.75. The Morgan fingerprint density at radius 2 is 1.89 bits per heavy atom. The maximum Gasteiger partial charge on any atom is 0.319 e. The van der Waals surface area contributed by atoms with Gasteiger partial charge in [-0.2, -0.15) is 9.97 Å². The Bertz CT molecular complexity index is 2190. The van der Waals surface area contributed by atoms with E-state index in [9.17, 15) is 14.0 Å². The first-order valence-electron chi connectivity index (χ1n) is 18.0. The number of piperazine rings is 1. The number of benzene rings is 2. The maximum absolute atomic E-state index is 17.3. The summed E-state index contributed by atoms with van der Waals surface area (Å²) < 4.78 is 68.9. The van der Waals surface area contributed by atoms with Gasteiger partial charge in [0.2, 0.25) is 6.79 Å². The second-order valence-corrected chi connectivity index (χ2v) is 14.4. The Kier molecular flexibility index (Phi) is 9.43. The molecule has 15 heteroatoms. The van der Waals surface area contributed by atoms with Crippen molar-refractivity contribution in [1.82, 2.24) is 24.8 Å². The van der Waals surface area contributed by atoms with Gasteiger partial charge in [0.15, 0.2) is 5.82 Å². The quantitative estimate of drug-likeness (QED) is 0.126. The van der Waals surface area contributed by atoms with Crippen LogP contribution in [-0.2, 0) is 19.1 Å². The van der Waals surface area contributed by atoms with Gasteiger partial charge in [-0.1, -0.05) is 12.0 Å². The van der Waals surface area contributed by atoms with Crippen molar-refractivity contribution in [3.8, 4) is 35.4 Å². The van der Waals surface area contributed by atoms with E-state index in [2.05, 4.69) is 25.7 Å². The van der Waals surface area contributed by atoms with Gasteiger partial charge in [-0.25, -0.2) is 13.2 Å². The summed E-state index contributed by atoms with van der Waals surface area (Å²) in [7, 11) is 1.37. The summed E-state index contributed by atoms with van der Waals surface area (Å²) in [6.07, 6.45) is 10.0. The number of hydrogen-bond donors (Lipinski definition) is 0. The molecule has 12 nitrogen and oxygen atoms in total. The number of anilines is 1. The van der Waals surface area contributed by atoms with Crippen LogP contribution in [0.3, 0.4) is 0 Å². The van der Waals surface area contributed by atoms with E-state index in [1.54, 1.807) is 6.07 Å². The minimum absolute atomic E-state index is 0.0263. The Morgan fingerprint density at radius 3 is 2.63 bits per heavy atom. The van der Waals surface area contributed by atoms with Crippen molar-refractivity contribution in [2.45, 2.75) is 62.8 Å². The normalized spacial score (nSPS) is 23.8. The zero-order chi connectivity index (χ0) is 37.7. The molecule has 2 aromatic heterocycles. The van der Waals surface area contributed by atoms with Crippen molar-refractivity contribution in [2.75, 3.05) is 58.1 Å². The van der Waals surface area contributed by atoms with Gasteiger partial charge in [0, 0.05) is 62.2 Å². The molecule has 0 amide bonds. The van der Waals surface area contributed by atoms with Gasteiger partial charge < -0.3 is 23.8 Å². The summed E-state index contributed by atoms with van der Waals surface area (Å²) in [4.78, 5) is 43.9. The number of carbonyl (C=O) groups is 2. The van der Waals surface area contributed by atoms with E-state index in [1.807, 2.05) is 4.90 Å². The fourth-order valence-electron chi connectivity index (χ4n) is 8.80. The molecular formula is C39H39F3N6O6. The summed E-state index contributed by atoms with van der Waals surface area (Å²) in [5.74, 6) is 0.628. The lowest BCUT2D eigenvalue weighted by atomic mass is 9.95. The zero-order valence-corrected chi connectivity index (χ0v) is 29.9. The molecule has 6 heterocycles. The van der Waals surface area contributed by atoms with Crippen molar-refractivity contribution in [3.05, 3.63) is 47.7 Å². The number of fused-ring (bicyclic) bond motifs is 5. The van der Waals surface area contributed by atoms with Gasteiger partial charge in [-0.3, -0.25) is 24.4 Å². The van der Waals surface area contributed by atoms with E-state index < -0.39 is 36.1 Å². The molecular weight excluding hydrogens is 705 g/mol. The lowest BCUT2D eigenvalue weighted by Gasteiger charge is -2.41. The minimum Gasteiger partial charge on any atom is -0.468 e. The summed E-state index contributed by atoms with van der Waals surface area (Å²) >= 11 is 0. The first-order chi connectivity index (χ1) is 26.1. The number of terminal acetylenes is 1. The molecule has 4 atom stereocenters. The van der Waals surface area contributed by atoms with Crippen LogP contribution < -0.4 is 14.4 Å². The monoisotopic (exact) mass is 744 g/mol. The molecule has 0 N–H and O–H groups in total. The van der Waals surface area contributed by atoms with E-state index >= 15 is 8.78 Å². The van der Waals surface area contributed by atoms with Crippen LogP contribution >= 0.6 is 0 Å². The van der Waals surface area contributed by atoms with Crippen LogP contribution in [-0.4, -0.2) is 114 Å². The van der Waals surface area contributed by atoms with Crippen molar-refractivity contribution in [2.24, 2.45) is 0 Å². The minimum atomic E-state index is -0.967. The van der Waals surface area contributed by atoms with E-state index in [1.165, 1.54) is 38.4 Å². The van der Waals surface area contributed by atoms with Gasteiger partial charge in [0.1, 0.15) is 41.4 Å². The number of halogens is 3. The highest BCUT2D eigenvalue weighted by Crippen LogP contribution is 2.42. The van der Waals surface area contributed by atoms with E-state index in [0.29, 0.717) is 42.6 Å². The van der Waals surface area contributed by atoms with Crippen LogP contribution in [0.15, 0.2) is 30.5 Å². The molecule has 282 valence electrons. The highest BCUT2D eigenvalue weighted by molar-refractivity contribution is 6.03. The fraction of sp³-hybridized carbons (Fsp3) is 0.462. The number of pyridine rings is 1. The molecule has 4 aromatic rings. The third-order valence-electron chi connectivity index (χ3n) is 11.3. The smallest absolute Gasteiger partial charge is 0.319 e. The lowest BCUT2D eigenvalue weighted by molar-refractivity contribution is -0.147. The fourth-order valence-corrected chi connectivity index (χ4v) is 8.80. The van der Waals surface area contributed by atoms with E-state index in [4.69, 9.17) is 30.4 Å². The Labute approximate surface area is 309 Å². The number of alkyl halides is 1. The Balaban J connectivity index is 1.24. The number of rotatable bonds is 10. The first-order valence-corrected chi connectivity index (χ1v) is 18.0. The van der Waals surface area contributed by atoms with E-state index in [0.717, 1.165) is 32.2 Å². The van der Waals surface area contributed by atoms with Crippen molar-refractivity contribution >= 4 is 39.4 Å². The number of carbonyl (C=O) groups excluding carboxylic acids is 2. The van der Waals surface area contributed by atoms with Crippen molar-refractivity contribution in [1.29, 1.82) is 0 Å². The molecule has 2 bridgehead atoms. The zero-order valence-electron chi connectivity index (χ0n) is 29.9. The van der Waals surface area contributed by atoms with Crippen LogP contribution in [0, 0.1) is 24.0 Å². The summed E-state index contributed by atoms with van der Waals surface area (Å²) in [5, 5.41) is 0.996. The molecule has 4 fully saturated rings. The highest BCUT2D eigenvalue weighted by atomic mass is 19.1. The molecule has 0 saturated carbocycles. The molecule has 4 saturated heterocycles. The highest BCUT2D eigenvalue weighted by Gasteiger charge is 2.49. The molecule has 54 heavy (non-hydrogen) atoms. The molecule has 2 aromatic carbocycles. The van der Waals surface area contributed by atoms with Crippen LogP contribution in [0.2, 0.25) is 0 Å². The van der Waals surface area contributed by atoms with Gasteiger partial charge in [0.05, 0.1) is 30.1 Å². The molecule has 4 aliphatic heterocycles. The van der Waals surface area contributed by atoms with E-state index in [-0.39, 0.29) is 70.7 Å². The molecule has 8 rings (SSSR count). The van der Waals surface area contributed by atoms with Crippen LogP contribution in [0.25, 0.3) is 32.9 Å². The lowest BCUT2D eigenvalue weighted by Crippen LogP contribution is -2.55. The van der Waals surface area contributed by atoms with Crippen LogP contribution in [0.1, 0.15) is 44.6 Å². The van der Waals surface area contributed by atoms with Gasteiger partial charge in [-0.05, 0) is 55.8 Å². The largest absolute Gasteiger partial charge is 0.468 e. The first kappa shape index (κ1) is 35.8. The summed E-state index contributed by atoms with van der Waals surface area (Å²) in [5.41, 5.74) is -0.721. The van der Waals surface area contributed by atoms with Gasteiger partial charge >= 0.3 is 17.9 Å². The predicted octanol–water partition coefficient (Wildman–Crippen LogP) is 4.79. The topological polar surface area (TPSA) is 119 Å². The molecule has 0 unspecified atom stereocenters. The van der Waals surface area contributed by atoms with Gasteiger partial charge in [-0.15, -0.1) is 6.42 Å². The molecule has 4 aliphatic rings. The van der Waals surface area contributed by atoms with Crippen LogP contribution in [0.4, 0.5) is 19.0 Å². The number of nitrogens with zero attached hydrogens (tertiary/aromatic N) is 6. The second-order valence-electron chi connectivity index (χ2n) is 14.4. The third-order valence-corrected chi connectivity index (χ3v) is 11.3. The number of esters is 2. The average molecular weight is 745 g/mol.